The first kappa shape index (κ1) is 9.23. The number of benzene rings is 1. The first-order chi connectivity index (χ1) is 6.85. The van der Waals surface area contributed by atoms with E-state index in [2.05, 4.69) is 34.4 Å². The van der Waals surface area contributed by atoms with Crippen molar-refractivity contribution >= 4 is 0 Å². The molecule has 1 aliphatic rings. The summed E-state index contributed by atoms with van der Waals surface area (Å²) < 4.78 is 0. The zero-order valence-corrected chi connectivity index (χ0v) is 8.16. The maximum absolute atomic E-state index is 6.96. The van der Waals surface area contributed by atoms with Gasteiger partial charge in [0.05, 0.1) is 5.41 Å². The first-order valence-corrected chi connectivity index (χ1v) is 4.93. The van der Waals surface area contributed by atoms with Crippen molar-refractivity contribution in [3.63, 3.8) is 0 Å². The van der Waals surface area contributed by atoms with Crippen LogP contribution >= 0.6 is 0 Å². The molecule has 1 aromatic carbocycles. The molecule has 1 N–H and O–H groups in total. The van der Waals surface area contributed by atoms with Gasteiger partial charge in [-0.1, -0.05) is 30.3 Å². The minimum atomic E-state index is 0.211. The third-order valence-corrected chi connectivity index (χ3v) is 2.84. The Kier molecular flexibility index (Phi) is 2.51. The lowest BCUT2D eigenvalue weighted by molar-refractivity contribution is 0.190. The molecular formula is C12H14N2. The van der Waals surface area contributed by atoms with Gasteiger partial charge in [0.25, 0.3) is 0 Å². The molecule has 0 amide bonds. The van der Waals surface area contributed by atoms with Crippen molar-refractivity contribution in [3.8, 4) is 0 Å². The van der Waals surface area contributed by atoms with E-state index in [-0.39, 0.29) is 5.41 Å². The minimum absolute atomic E-state index is 0.211. The average molecular weight is 186 g/mol. The van der Waals surface area contributed by atoms with Crippen molar-refractivity contribution < 1.29 is 0 Å². The van der Waals surface area contributed by atoms with E-state index in [0.717, 1.165) is 19.5 Å². The van der Waals surface area contributed by atoms with E-state index in [4.69, 9.17) is 6.57 Å². The van der Waals surface area contributed by atoms with E-state index >= 15 is 0 Å². The Hall–Kier alpha value is -1.33. The molecule has 1 saturated heterocycles. The molecule has 0 saturated carbocycles. The van der Waals surface area contributed by atoms with Crippen molar-refractivity contribution in [1.29, 1.82) is 0 Å². The molecule has 0 bridgehead atoms. The third-order valence-electron chi connectivity index (χ3n) is 2.84. The van der Waals surface area contributed by atoms with Crippen LogP contribution in [0.1, 0.15) is 5.56 Å². The Labute approximate surface area is 84.8 Å². The molecule has 0 radical (unpaired) electrons. The SMILES string of the molecule is [C-]#[N+]CC1(Cc2ccccc2)CNC1. The maximum atomic E-state index is 6.96. The highest BCUT2D eigenvalue weighted by Gasteiger charge is 2.40. The van der Waals surface area contributed by atoms with Crippen LogP contribution in [0.25, 0.3) is 4.85 Å². The second-order valence-electron chi connectivity index (χ2n) is 4.08. The summed E-state index contributed by atoms with van der Waals surface area (Å²) in [6.45, 7) is 9.59. The van der Waals surface area contributed by atoms with E-state index in [1.807, 2.05) is 6.07 Å². The molecule has 2 nitrogen and oxygen atoms in total. The Morgan fingerprint density at radius 1 is 1.29 bits per heavy atom. The molecule has 1 fully saturated rings. The lowest BCUT2D eigenvalue weighted by atomic mass is 9.76. The van der Waals surface area contributed by atoms with Crippen molar-refractivity contribution in [2.75, 3.05) is 19.6 Å². The Bertz CT molecular complexity index is 333. The van der Waals surface area contributed by atoms with E-state index in [1.165, 1.54) is 5.56 Å². The third kappa shape index (κ3) is 1.78. The smallest absolute Gasteiger partial charge is 0.223 e. The zero-order chi connectivity index (χ0) is 9.86. The number of hydrogen-bond donors (Lipinski definition) is 1. The van der Waals surface area contributed by atoms with Gasteiger partial charge in [0.2, 0.25) is 6.54 Å². The van der Waals surface area contributed by atoms with Crippen LogP contribution in [-0.4, -0.2) is 19.6 Å². The topological polar surface area (TPSA) is 16.4 Å². The van der Waals surface area contributed by atoms with Crippen LogP contribution in [0.2, 0.25) is 0 Å². The number of nitrogens with zero attached hydrogens (tertiary/aromatic N) is 1. The highest BCUT2D eigenvalue weighted by Crippen LogP contribution is 2.27. The summed E-state index contributed by atoms with van der Waals surface area (Å²) >= 11 is 0. The van der Waals surface area contributed by atoms with E-state index in [0.29, 0.717) is 6.54 Å². The first-order valence-electron chi connectivity index (χ1n) is 4.93. The van der Waals surface area contributed by atoms with Crippen LogP contribution in [0, 0.1) is 12.0 Å². The molecule has 0 unspecified atom stereocenters. The molecule has 1 heterocycles. The lowest BCUT2D eigenvalue weighted by Crippen LogP contribution is -2.56. The number of rotatable bonds is 3. The quantitative estimate of drug-likeness (QED) is 0.711. The Morgan fingerprint density at radius 3 is 2.50 bits per heavy atom. The van der Waals surface area contributed by atoms with Gasteiger partial charge in [0.15, 0.2) is 0 Å². The van der Waals surface area contributed by atoms with Crippen LogP contribution in [0.5, 0.6) is 0 Å². The fraction of sp³-hybridized carbons (Fsp3) is 0.417. The molecule has 1 aromatic rings. The van der Waals surface area contributed by atoms with Crippen molar-refractivity contribution in [2.24, 2.45) is 5.41 Å². The van der Waals surface area contributed by atoms with Crippen molar-refractivity contribution in [1.82, 2.24) is 5.32 Å². The average Bonchev–Trinajstić information content (AvgIpc) is 2.16. The van der Waals surface area contributed by atoms with Gasteiger partial charge in [-0.25, -0.2) is 6.57 Å². The standard InChI is InChI=1S/C12H14N2/c1-13-8-12(9-14-10-12)7-11-5-3-2-4-6-11/h2-6,14H,7-10H2. The second kappa shape index (κ2) is 3.81. The maximum Gasteiger partial charge on any atom is 0.223 e. The summed E-state index contributed by atoms with van der Waals surface area (Å²) in [5, 5.41) is 3.26. The summed E-state index contributed by atoms with van der Waals surface area (Å²) in [5.74, 6) is 0. The highest BCUT2D eigenvalue weighted by molar-refractivity contribution is 5.18. The predicted molar refractivity (Wildman–Crippen MR) is 56.9 cm³/mol. The summed E-state index contributed by atoms with van der Waals surface area (Å²) in [7, 11) is 0. The van der Waals surface area contributed by atoms with E-state index in [1.54, 1.807) is 0 Å². The predicted octanol–water partition coefficient (Wildman–Crippen LogP) is 1.74. The van der Waals surface area contributed by atoms with E-state index in [9.17, 15) is 0 Å². The van der Waals surface area contributed by atoms with Crippen molar-refractivity contribution in [2.45, 2.75) is 6.42 Å². The minimum Gasteiger partial charge on any atom is -0.316 e. The largest absolute Gasteiger partial charge is 0.316 e. The molecule has 0 atom stereocenters. The summed E-state index contributed by atoms with van der Waals surface area (Å²) in [6, 6.07) is 10.4. The van der Waals surface area contributed by atoms with Crippen LogP contribution in [0.3, 0.4) is 0 Å². The second-order valence-corrected chi connectivity index (χ2v) is 4.08. The number of hydrogen-bond acceptors (Lipinski definition) is 1. The molecule has 1 aliphatic heterocycles. The molecule has 2 heteroatoms. The highest BCUT2D eigenvalue weighted by atomic mass is 15.0. The van der Waals surface area contributed by atoms with Crippen molar-refractivity contribution in [3.05, 3.63) is 47.3 Å². The molecular weight excluding hydrogens is 172 g/mol. The Balaban J connectivity index is 2.06. The summed E-state index contributed by atoms with van der Waals surface area (Å²) in [5.41, 5.74) is 1.56. The van der Waals surface area contributed by atoms with Gasteiger partial charge >= 0.3 is 0 Å². The fourth-order valence-corrected chi connectivity index (χ4v) is 1.97. The van der Waals surface area contributed by atoms with Gasteiger partial charge in [-0.3, -0.25) is 0 Å². The van der Waals surface area contributed by atoms with Gasteiger partial charge in [0.1, 0.15) is 0 Å². The fourth-order valence-electron chi connectivity index (χ4n) is 1.97. The van der Waals surface area contributed by atoms with Gasteiger partial charge in [-0.15, -0.1) is 0 Å². The molecule has 2 rings (SSSR count). The molecule has 72 valence electrons. The van der Waals surface area contributed by atoms with Gasteiger partial charge in [-0.2, -0.15) is 0 Å². The van der Waals surface area contributed by atoms with Gasteiger partial charge in [-0.05, 0) is 12.0 Å². The molecule has 14 heavy (non-hydrogen) atoms. The normalized spacial score (nSPS) is 18.2. The van der Waals surface area contributed by atoms with Crippen LogP contribution < -0.4 is 5.32 Å². The van der Waals surface area contributed by atoms with E-state index < -0.39 is 0 Å². The monoisotopic (exact) mass is 186 g/mol. The molecule has 0 spiro atoms. The lowest BCUT2D eigenvalue weighted by Gasteiger charge is -2.38. The van der Waals surface area contributed by atoms with Gasteiger partial charge in [0, 0.05) is 13.1 Å². The molecule has 0 aliphatic carbocycles. The van der Waals surface area contributed by atoms with Crippen LogP contribution in [0.4, 0.5) is 0 Å². The van der Waals surface area contributed by atoms with Gasteiger partial charge < -0.3 is 10.2 Å². The van der Waals surface area contributed by atoms with Crippen LogP contribution in [0.15, 0.2) is 30.3 Å². The molecule has 0 aromatic heterocycles. The Morgan fingerprint density at radius 2 is 2.00 bits per heavy atom. The summed E-state index contributed by atoms with van der Waals surface area (Å²) in [4.78, 5) is 3.54. The number of nitrogens with one attached hydrogen (secondary N) is 1. The van der Waals surface area contributed by atoms with Crippen LogP contribution in [-0.2, 0) is 6.42 Å². The summed E-state index contributed by atoms with van der Waals surface area (Å²) in [6.07, 6.45) is 1.03. The zero-order valence-electron chi connectivity index (χ0n) is 8.16.